The Kier molecular flexibility index (Phi) is 5.60. The first-order valence-corrected chi connectivity index (χ1v) is 8.55. The van der Waals surface area contributed by atoms with Gasteiger partial charge in [0, 0.05) is 16.3 Å². The van der Waals surface area contributed by atoms with Crippen molar-refractivity contribution in [2.24, 2.45) is 0 Å². The van der Waals surface area contributed by atoms with Gasteiger partial charge in [0.1, 0.15) is 17.1 Å². The minimum Gasteiger partial charge on any atom is -0.477 e. The standard InChI is InChI=1S/C19H15ClFN3O4/c1-10(22-19(27)23-14-8-4-12(20)5-9-14)17-15(18(25)26)16(24-28-17)11-2-6-13(21)7-3-11/h2-10H,1H3,(H,25,26)(H2,22,23,27). The molecule has 9 heteroatoms. The molecule has 0 saturated carbocycles. The van der Waals surface area contributed by atoms with Crippen molar-refractivity contribution in [3.8, 4) is 11.3 Å². The Morgan fingerprint density at radius 1 is 1.14 bits per heavy atom. The molecule has 144 valence electrons. The lowest BCUT2D eigenvalue weighted by atomic mass is 10.0. The van der Waals surface area contributed by atoms with Gasteiger partial charge in [0.25, 0.3) is 0 Å². The maximum absolute atomic E-state index is 13.1. The number of hydrogen-bond donors (Lipinski definition) is 3. The molecule has 28 heavy (non-hydrogen) atoms. The van der Waals surface area contributed by atoms with E-state index in [9.17, 15) is 19.1 Å². The van der Waals surface area contributed by atoms with E-state index in [-0.39, 0.29) is 17.0 Å². The van der Waals surface area contributed by atoms with Gasteiger partial charge in [-0.2, -0.15) is 0 Å². The summed E-state index contributed by atoms with van der Waals surface area (Å²) in [7, 11) is 0. The highest BCUT2D eigenvalue weighted by atomic mass is 35.5. The molecule has 3 aromatic rings. The second kappa shape index (κ2) is 8.10. The van der Waals surface area contributed by atoms with E-state index in [2.05, 4.69) is 15.8 Å². The molecule has 3 rings (SSSR count). The summed E-state index contributed by atoms with van der Waals surface area (Å²) in [5.74, 6) is -1.77. The van der Waals surface area contributed by atoms with Crippen molar-refractivity contribution < 1.29 is 23.6 Å². The molecule has 0 radical (unpaired) electrons. The molecule has 0 bridgehead atoms. The molecule has 0 fully saturated rings. The number of anilines is 1. The number of carboxylic acids is 1. The van der Waals surface area contributed by atoms with Crippen molar-refractivity contribution in [2.45, 2.75) is 13.0 Å². The van der Waals surface area contributed by atoms with Crippen LogP contribution in [-0.2, 0) is 0 Å². The highest BCUT2D eigenvalue weighted by Gasteiger charge is 2.28. The molecule has 2 aromatic carbocycles. The SMILES string of the molecule is CC(NC(=O)Nc1ccc(Cl)cc1)c1onc(-c2ccc(F)cc2)c1C(=O)O. The van der Waals surface area contributed by atoms with Crippen molar-refractivity contribution in [1.82, 2.24) is 10.5 Å². The van der Waals surface area contributed by atoms with Crippen molar-refractivity contribution in [3.63, 3.8) is 0 Å². The largest absolute Gasteiger partial charge is 0.477 e. The van der Waals surface area contributed by atoms with Crippen LogP contribution in [0.1, 0.15) is 29.1 Å². The van der Waals surface area contributed by atoms with E-state index in [4.69, 9.17) is 16.1 Å². The van der Waals surface area contributed by atoms with Crippen molar-refractivity contribution in [1.29, 1.82) is 0 Å². The van der Waals surface area contributed by atoms with Crippen LogP contribution < -0.4 is 10.6 Å². The van der Waals surface area contributed by atoms with Crippen LogP contribution in [0.15, 0.2) is 53.1 Å². The highest BCUT2D eigenvalue weighted by Crippen LogP contribution is 2.29. The third-order valence-corrected chi connectivity index (χ3v) is 4.14. The summed E-state index contributed by atoms with van der Waals surface area (Å²) in [4.78, 5) is 23.9. The predicted molar refractivity (Wildman–Crippen MR) is 101 cm³/mol. The quantitative estimate of drug-likeness (QED) is 0.572. The average Bonchev–Trinajstić information content (AvgIpc) is 3.10. The number of aromatic nitrogens is 1. The summed E-state index contributed by atoms with van der Waals surface area (Å²) in [6, 6.07) is 10.3. The fourth-order valence-corrected chi connectivity index (χ4v) is 2.70. The Balaban J connectivity index is 1.80. The normalized spacial score (nSPS) is 11.7. The zero-order valence-electron chi connectivity index (χ0n) is 14.6. The van der Waals surface area contributed by atoms with Gasteiger partial charge in [-0.1, -0.05) is 16.8 Å². The summed E-state index contributed by atoms with van der Waals surface area (Å²) in [5.41, 5.74) is 0.740. The summed E-state index contributed by atoms with van der Waals surface area (Å²) in [6.07, 6.45) is 0. The van der Waals surface area contributed by atoms with Crippen molar-refractivity contribution in [3.05, 3.63) is 70.7 Å². The lowest BCUT2D eigenvalue weighted by Gasteiger charge is -2.13. The molecule has 1 unspecified atom stereocenters. The number of amides is 2. The van der Waals surface area contributed by atoms with E-state index in [0.29, 0.717) is 16.3 Å². The Morgan fingerprint density at radius 3 is 2.39 bits per heavy atom. The molecular formula is C19H15ClFN3O4. The lowest BCUT2D eigenvalue weighted by Crippen LogP contribution is -2.31. The van der Waals surface area contributed by atoms with Gasteiger partial charge in [-0.15, -0.1) is 0 Å². The van der Waals surface area contributed by atoms with Crippen LogP contribution in [0.25, 0.3) is 11.3 Å². The molecule has 0 spiro atoms. The number of rotatable bonds is 5. The summed E-state index contributed by atoms with van der Waals surface area (Å²) in [5, 5.41) is 19.1. The number of halogens is 2. The average molecular weight is 404 g/mol. The molecule has 0 aliphatic heterocycles. The zero-order chi connectivity index (χ0) is 20.3. The van der Waals surface area contributed by atoms with Gasteiger partial charge in [0.2, 0.25) is 0 Å². The summed E-state index contributed by atoms with van der Waals surface area (Å²) >= 11 is 5.80. The van der Waals surface area contributed by atoms with Crippen molar-refractivity contribution >= 4 is 29.3 Å². The maximum atomic E-state index is 13.1. The second-order valence-corrected chi connectivity index (χ2v) is 6.35. The van der Waals surface area contributed by atoms with E-state index < -0.39 is 23.9 Å². The minimum absolute atomic E-state index is 0.0296. The predicted octanol–water partition coefficient (Wildman–Crippen LogP) is 4.72. The Morgan fingerprint density at radius 2 is 1.79 bits per heavy atom. The first-order chi connectivity index (χ1) is 13.3. The van der Waals surface area contributed by atoms with Gasteiger partial charge in [-0.25, -0.2) is 14.0 Å². The number of carbonyl (C=O) groups is 2. The number of carbonyl (C=O) groups excluding carboxylic acids is 1. The lowest BCUT2D eigenvalue weighted by molar-refractivity contribution is 0.0694. The molecular weight excluding hydrogens is 389 g/mol. The smallest absolute Gasteiger partial charge is 0.341 e. The molecule has 1 heterocycles. The van der Waals surface area contributed by atoms with Crippen LogP contribution in [0.2, 0.25) is 5.02 Å². The highest BCUT2D eigenvalue weighted by molar-refractivity contribution is 6.30. The first kappa shape index (κ1) is 19.4. The van der Waals surface area contributed by atoms with Crippen molar-refractivity contribution in [2.75, 3.05) is 5.32 Å². The maximum Gasteiger partial charge on any atom is 0.341 e. The molecule has 0 saturated heterocycles. The number of nitrogens with one attached hydrogen (secondary N) is 2. The molecule has 1 atom stereocenters. The minimum atomic E-state index is -1.28. The topological polar surface area (TPSA) is 104 Å². The fourth-order valence-electron chi connectivity index (χ4n) is 2.57. The molecule has 0 aliphatic rings. The molecule has 2 amide bonds. The van der Waals surface area contributed by atoms with E-state index in [1.807, 2.05) is 0 Å². The summed E-state index contributed by atoms with van der Waals surface area (Å²) < 4.78 is 18.3. The van der Waals surface area contributed by atoms with E-state index in [1.165, 1.54) is 24.3 Å². The van der Waals surface area contributed by atoms with Gasteiger partial charge in [0.05, 0.1) is 6.04 Å². The third-order valence-electron chi connectivity index (χ3n) is 3.89. The van der Waals surface area contributed by atoms with Crippen LogP contribution in [0.3, 0.4) is 0 Å². The van der Waals surface area contributed by atoms with Gasteiger partial charge < -0.3 is 20.3 Å². The number of nitrogens with zero attached hydrogens (tertiary/aromatic N) is 1. The number of aromatic carboxylic acids is 1. The fraction of sp³-hybridized carbons (Fsp3) is 0.105. The van der Waals surface area contributed by atoms with E-state index in [1.54, 1.807) is 31.2 Å². The van der Waals surface area contributed by atoms with Crippen LogP contribution in [0.4, 0.5) is 14.9 Å². The second-order valence-electron chi connectivity index (χ2n) is 5.91. The van der Waals surface area contributed by atoms with Gasteiger partial charge >= 0.3 is 12.0 Å². The molecule has 7 nitrogen and oxygen atoms in total. The van der Waals surface area contributed by atoms with Crippen LogP contribution in [0.5, 0.6) is 0 Å². The van der Waals surface area contributed by atoms with E-state index in [0.717, 1.165) is 0 Å². The number of benzene rings is 2. The van der Waals surface area contributed by atoms with E-state index >= 15 is 0 Å². The molecule has 3 N–H and O–H groups in total. The molecule has 0 aliphatic carbocycles. The first-order valence-electron chi connectivity index (χ1n) is 8.17. The van der Waals surface area contributed by atoms with Gasteiger partial charge in [-0.3, -0.25) is 0 Å². The summed E-state index contributed by atoms with van der Waals surface area (Å²) in [6.45, 7) is 1.56. The van der Waals surface area contributed by atoms with Crippen LogP contribution >= 0.6 is 11.6 Å². The van der Waals surface area contributed by atoms with Gasteiger partial charge in [0.15, 0.2) is 5.76 Å². The Hall–Kier alpha value is -3.39. The molecule has 1 aromatic heterocycles. The number of urea groups is 1. The number of carboxylic acid groups (broad SMARTS) is 1. The monoisotopic (exact) mass is 403 g/mol. The van der Waals surface area contributed by atoms with Gasteiger partial charge in [-0.05, 0) is 55.5 Å². The number of hydrogen-bond acceptors (Lipinski definition) is 4. The Bertz CT molecular complexity index is 1000. The zero-order valence-corrected chi connectivity index (χ0v) is 15.3. The third kappa shape index (κ3) is 4.29. The Labute approximate surface area is 164 Å². The van der Waals surface area contributed by atoms with Crippen LogP contribution in [0, 0.1) is 5.82 Å². The van der Waals surface area contributed by atoms with Crippen LogP contribution in [-0.4, -0.2) is 22.3 Å².